The molecule has 20 heavy (non-hydrogen) atoms. The zero-order valence-corrected chi connectivity index (χ0v) is 11.0. The van der Waals surface area contributed by atoms with Crippen molar-refractivity contribution >= 4 is 5.91 Å². The first-order valence-corrected chi connectivity index (χ1v) is 6.41. The molecule has 0 aliphatic rings. The summed E-state index contributed by atoms with van der Waals surface area (Å²) in [5.74, 6) is 0.670. The summed E-state index contributed by atoms with van der Waals surface area (Å²) >= 11 is 0. The van der Waals surface area contributed by atoms with Gasteiger partial charge in [-0.15, -0.1) is 0 Å². The van der Waals surface area contributed by atoms with E-state index in [0.29, 0.717) is 24.6 Å². The molecule has 0 fully saturated rings. The standard InChI is InChI=1S/C13H17N3O4/c17-7-6-14-4-2-5-15-13(18)10-9-12(20-16-10)11-3-1-8-19-11/h1,3,8-9,14,17H,2,4-7H2,(H,15,18). The van der Waals surface area contributed by atoms with Gasteiger partial charge in [-0.25, -0.2) is 0 Å². The second-order valence-electron chi connectivity index (χ2n) is 4.14. The molecule has 7 heteroatoms. The van der Waals surface area contributed by atoms with Crippen LogP contribution in [-0.4, -0.2) is 42.4 Å². The number of amides is 1. The average molecular weight is 279 g/mol. The number of aliphatic hydroxyl groups excluding tert-OH is 1. The lowest BCUT2D eigenvalue weighted by Crippen LogP contribution is -2.28. The lowest BCUT2D eigenvalue weighted by molar-refractivity contribution is 0.0944. The molecule has 0 spiro atoms. The number of hydrogen-bond acceptors (Lipinski definition) is 6. The number of rotatable bonds is 8. The fraction of sp³-hybridized carbons (Fsp3) is 0.385. The second-order valence-corrected chi connectivity index (χ2v) is 4.14. The Morgan fingerprint density at radius 1 is 1.30 bits per heavy atom. The van der Waals surface area contributed by atoms with E-state index in [4.69, 9.17) is 14.0 Å². The second kappa shape index (κ2) is 7.46. The third-order valence-electron chi connectivity index (χ3n) is 2.61. The SMILES string of the molecule is O=C(NCCCNCCO)c1cc(-c2ccco2)on1. The van der Waals surface area contributed by atoms with Gasteiger partial charge in [-0.05, 0) is 25.1 Å². The Kier molecular flexibility index (Phi) is 5.33. The van der Waals surface area contributed by atoms with Crippen LogP contribution in [0.5, 0.6) is 0 Å². The summed E-state index contributed by atoms with van der Waals surface area (Å²) in [6.07, 6.45) is 2.30. The van der Waals surface area contributed by atoms with Gasteiger partial charge in [0.15, 0.2) is 11.5 Å². The summed E-state index contributed by atoms with van der Waals surface area (Å²) in [6.45, 7) is 1.93. The first-order valence-electron chi connectivity index (χ1n) is 6.41. The molecular weight excluding hydrogens is 262 g/mol. The first kappa shape index (κ1) is 14.3. The van der Waals surface area contributed by atoms with Crippen molar-refractivity contribution in [3.05, 3.63) is 30.2 Å². The zero-order chi connectivity index (χ0) is 14.2. The molecule has 0 unspecified atom stereocenters. The molecule has 3 N–H and O–H groups in total. The van der Waals surface area contributed by atoms with Gasteiger partial charge in [-0.3, -0.25) is 4.79 Å². The molecule has 7 nitrogen and oxygen atoms in total. The van der Waals surface area contributed by atoms with E-state index >= 15 is 0 Å². The molecule has 2 rings (SSSR count). The van der Waals surface area contributed by atoms with Gasteiger partial charge in [0.25, 0.3) is 5.91 Å². The fourth-order valence-electron chi connectivity index (χ4n) is 1.63. The maximum absolute atomic E-state index is 11.8. The van der Waals surface area contributed by atoms with Crippen LogP contribution >= 0.6 is 0 Å². The minimum Gasteiger partial charge on any atom is -0.461 e. The Bertz CT molecular complexity index is 521. The molecule has 2 aromatic rings. The Hall–Kier alpha value is -2.12. The summed E-state index contributed by atoms with van der Waals surface area (Å²) in [5, 5.41) is 18.0. The van der Waals surface area contributed by atoms with Gasteiger partial charge in [-0.2, -0.15) is 0 Å². The fourth-order valence-corrected chi connectivity index (χ4v) is 1.63. The minimum absolute atomic E-state index is 0.112. The highest BCUT2D eigenvalue weighted by Crippen LogP contribution is 2.20. The highest BCUT2D eigenvalue weighted by Gasteiger charge is 2.14. The normalized spacial score (nSPS) is 10.7. The van der Waals surface area contributed by atoms with E-state index in [0.717, 1.165) is 13.0 Å². The highest BCUT2D eigenvalue weighted by atomic mass is 16.5. The number of hydrogen-bond donors (Lipinski definition) is 3. The topological polar surface area (TPSA) is 101 Å². The molecule has 0 aliphatic heterocycles. The largest absolute Gasteiger partial charge is 0.461 e. The van der Waals surface area contributed by atoms with E-state index in [1.807, 2.05) is 0 Å². The number of carbonyl (C=O) groups excluding carboxylic acids is 1. The molecule has 2 aromatic heterocycles. The van der Waals surface area contributed by atoms with Crippen LogP contribution in [-0.2, 0) is 0 Å². The van der Waals surface area contributed by atoms with E-state index in [1.165, 1.54) is 12.3 Å². The van der Waals surface area contributed by atoms with Crippen LogP contribution in [0.3, 0.4) is 0 Å². The van der Waals surface area contributed by atoms with E-state index in [1.54, 1.807) is 12.1 Å². The molecule has 0 aliphatic carbocycles. The van der Waals surface area contributed by atoms with Gasteiger partial charge < -0.3 is 24.7 Å². The van der Waals surface area contributed by atoms with E-state index in [2.05, 4.69) is 15.8 Å². The highest BCUT2D eigenvalue weighted by molar-refractivity contribution is 5.92. The van der Waals surface area contributed by atoms with Crippen molar-refractivity contribution in [2.75, 3.05) is 26.2 Å². The molecule has 1 amide bonds. The van der Waals surface area contributed by atoms with Gasteiger partial charge >= 0.3 is 0 Å². The lowest BCUT2D eigenvalue weighted by Gasteiger charge is -2.03. The smallest absolute Gasteiger partial charge is 0.273 e. The maximum Gasteiger partial charge on any atom is 0.273 e. The van der Waals surface area contributed by atoms with E-state index in [-0.39, 0.29) is 18.2 Å². The number of nitrogens with zero attached hydrogens (tertiary/aromatic N) is 1. The summed E-state index contributed by atoms with van der Waals surface area (Å²) in [5.41, 5.74) is 0.222. The predicted octanol–water partition coefficient (Wildman–Crippen LogP) is 0.636. The number of carbonyl (C=O) groups is 1. The third kappa shape index (κ3) is 3.94. The molecule has 0 saturated heterocycles. The van der Waals surface area contributed by atoms with Gasteiger partial charge in [0.2, 0.25) is 5.76 Å². The predicted molar refractivity (Wildman–Crippen MR) is 71.1 cm³/mol. The van der Waals surface area contributed by atoms with Crippen LogP contribution in [0.2, 0.25) is 0 Å². The Labute approximate surface area is 115 Å². The minimum atomic E-state index is -0.284. The van der Waals surface area contributed by atoms with E-state index in [9.17, 15) is 4.79 Å². The molecule has 0 atom stereocenters. The molecule has 0 bridgehead atoms. The molecular formula is C13H17N3O4. The Balaban J connectivity index is 1.76. The summed E-state index contributed by atoms with van der Waals surface area (Å²) in [7, 11) is 0. The summed E-state index contributed by atoms with van der Waals surface area (Å²) < 4.78 is 10.2. The van der Waals surface area contributed by atoms with E-state index < -0.39 is 0 Å². The number of nitrogens with one attached hydrogen (secondary N) is 2. The maximum atomic E-state index is 11.8. The van der Waals surface area contributed by atoms with Crippen molar-refractivity contribution in [2.45, 2.75) is 6.42 Å². The number of furan rings is 1. The van der Waals surface area contributed by atoms with Crippen molar-refractivity contribution in [3.63, 3.8) is 0 Å². The number of aromatic nitrogens is 1. The Morgan fingerprint density at radius 3 is 2.95 bits per heavy atom. The van der Waals surface area contributed by atoms with Crippen LogP contribution in [0.25, 0.3) is 11.5 Å². The summed E-state index contributed by atoms with van der Waals surface area (Å²) in [4.78, 5) is 11.8. The van der Waals surface area contributed by atoms with Gasteiger partial charge in [0.1, 0.15) is 0 Å². The number of aliphatic hydroxyl groups is 1. The van der Waals surface area contributed by atoms with Gasteiger partial charge in [-0.1, -0.05) is 5.16 Å². The first-order chi connectivity index (χ1) is 9.81. The van der Waals surface area contributed by atoms with Crippen LogP contribution in [0, 0.1) is 0 Å². The lowest BCUT2D eigenvalue weighted by atomic mass is 10.3. The van der Waals surface area contributed by atoms with Crippen LogP contribution < -0.4 is 10.6 Å². The van der Waals surface area contributed by atoms with Crippen LogP contribution in [0.15, 0.2) is 33.4 Å². The quantitative estimate of drug-likeness (QED) is 0.613. The molecule has 2 heterocycles. The zero-order valence-electron chi connectivity index (χ0n) is 11.0. The summed E-state index contributed by atoms with van der Waals surface area (Å²) in [6, 6.07) is 5.00. The van der Waals surface area contributed by atoms with Gasteiger partial charge in [0.05, 0.1) is 12.9 Å². The third-order valence-corrected chi connectivity index (χ3v) is 2.61. The van der Waals surface area contributed by atoms with Crippen molar-refractivity contribution in [2.24, 2.45) is 0 Å². The monoisotopic (exact) mass is 279 g/mol. The Morgan fingerprint density at radius 2 is 2.20 bits per heavy atom. The molecule has 0 saturated carbocycles. The molecule has 0 aromatic carbocycles. The van der Waals surface area contributed by atoms with Gasteiger partial charge in [0, 0.05) is 19.2 Å². The van der Waals surface area contributed by atoms with Crippen molar-refractivity contribution in [1.29, 1.82) is 0 Å². The van der Waals surface area contributed by atoms with Crippen molar-refractivity contribution in [1.82, 2.24) is 15.8 Å². The molecule has 0 radical (unpaired) electrons. The van der Waals surface area contributed by atoms with Crippen molar-refractivity contribution in [3.8, 4) is 11.5 Å². The molecule has 108 valence electrons. The van der Waals surface area contributed by atoms with Crippen LogP contribution in [0.1, 0.15) is 16.9 Å². The van der Waals surface area contributed by atoms with Crippen LogP contribution in [0.4, 0.5) is 0 Å². The average Bonchev–Trinajstić information content (AvgIpc) is 3.12. The van der Waals surface area contributed by atoms with Crippen molar-refractivity contribution < 1.29 is 18.8 Å².